The molecule has 0 bridgehead atoms. The highest BCUT2D eigenvalue weighted by Gasteiger charge is 2.04. The standard InChI is InChI=1S/C11H10ClN3O/c12-7-2-1-3-9(4-7)15-6-8(13)5-10(14)11(15)16/h1-6H,13-14H2. The van der Waals surface area contributed by atoms with Crippen LogP contribution in [0.4, 0.5) is 11.4 Å². The topological polar surface area (TPSA) is 74.0 Å². The van der Waals surface area contributed by atoms with Gasteiger partial charge < -0.3 is 11.5 Å². The van der Waals surface area contributed by atoms with Crippen LogP contribution in [-0.2, 0) is 0 Å². The van der Waals surface area contributed by atoms with E-state index in [4.69, 9.17) is 23.1 Å². The summed E-state index contributed by atoms with van der Waals surface area (Å²) >= 11 is 5.85. The van der Waals surface area contributed by atoms with Gasteiger partial charge in [-0.1, -0.05) is 17.7 Å². The Hall–Kier alpha value is -1.94. The highest BCUT2D eigenvalue weighted by Crippen LogP contribution is 2.15. The number of nitrogens with two attached hydrogens (primary N) is 2. The van der Waals surface area contributed by atoms with E-state index in [0.717, 1.165) is 0 Å². The van der Waals surface area contributed by atoms with Gasteiger partial charge in [-0.3, -0.25) is 9.36 Å². The predicted molar refractivity (Wildman–Crippen MR) is 65.9 cm³/mol. The number of halogens is 1. The molecule has 1 aromatic carbocycles. The number of benzene rings is 1. The van der Waals surface area contributed by atoms with E-state index < -0.39 is 0 Å². The Bertz CT molecular complexity index is 592. The fraction of sp³-hybridized carbons (Fsp3) is 0. The Kier molecular flexibility index (Phi) is 2.58. The van der Waals surface area contributed by atoms with Crippen LogP contribution >= 0.6 is 11.6 Å². The summed E-state index contributed by atoms with van der Waals surface area (Å²) in [5.74, 6) is 0. The Balaban J connectivity index is 2.69. The maximum absolute atomic E-state index is 11.8. The lowest BCUT2D eigenvalue weighted by Crippen LogP contribution is -2.21. The van der Waals surface area contributed by atoms with Gasteiger partial charge in [0.1, 0.15) is 5.69 Å². The predicted octanol–water partition coefficient (Wildman–Crippen LogP) is 1.66. The second-order valence-corrected chi connectivity index (χ2v) is 3.82. The molecule has 4 nitrogen and oxygen atoms in total. The first-order chi connectivity index (χ1) is 7.58. The van der Waals surface area contributed by atoms with Crippen LogP contribution in [0.1, 0.15) is 0 Å². The highest BCUT2D eigenvalue weighted by molar-refractivity contribution is 6.30. The summed E-state index contributed by atoms with van der Waals surface area (Å²) in [6.07, 6.45) is 1.52. The Labute approximate surface area is 97.1 Å². The number of anilines is 2. The van der Waals surface area contributed by atoms with Gasteiger partial charge in [-0.15, -0.1) is 0 Å². The second-order valence-electron chi connectivity index (χ2n) is 3.38. The summed E-state index contributed by atoms with van der Waals surface area (Å²) < 4.78 is 1.37. The normalized spacial score (nSPS) is 10.3. The number of nitrogens with zero attached hydrogens (tertiary/aromatic N) is 1. The Morgan fingerprint density at radius 1 is 1.19 bits per heavy atom. The van der Waals surface area contributed by atoms with Gasteiger partial charge in [-0.2, -0.15) is 0 Å². The number of pyridine rings is 1. The molecule has 0 aliphatic heterocycles. The van der Waals surface area contributed by atoms with E-state index in [9.17, 15) is 4.79 Å². The number of hydrogen-bond acceptors (Lipinski definition) is 3. The second kappa shape index (κ2) is 3.90. The van der Waals surface area contributed by atoms with Crippen molar-refractivity contribution in [3.8, 4) is 5.69 Å². The first-order valence-electron chi connectivity index (χ1n) is 4.61. The molecule has 0 amide bonds. The third-order valence-electron chi connectivity index (χ3n) is 2.15. The van der Waals surface area contributed by atoms with Crippen LogP contribution in [0.3, 0.4) is 0 Å². The van der Waals surface area contributed by atoms with Crippen LogP contribution in [-0.4, -0.2) is 4.57 Å². The summed E-state index contributed by atoms with van der Waals surface area (Å²) in [5.41, 5.74) is 12.0. The minimum Gasteiger partial charge on any atom is -0.397 e. The number of rotatable bonds is 1. The van der Waals surface area contributed by atoms with Crippen molar-refractivity contribution in [1.82, 2.24) is 4.57 Å². The molecule has 2 aromatic rings. The largest absolute Gasteiger partial charge is 0.397 e. The lowest BCUT2D eigenvalue weighted by atomic mass is 10.3. The van der Waals surface area contributed by atoms with Crippen LogP contribution < -0.4 is 17.0 Å². The summed E-state index contributed by atoms with van der Waals surface area (Å²) in [4.78, 5) is 11.8. The van der Waals surface area contributed by atoms with Crippen molar-refractivity contribution in [3.63, 3.8) is 0 Å². The SMILES string of the molecule is Nc1cc(N)c(=O)n(-c2cccc(Cl)c2)c1. The molecule has 0 aliphatic carbocycles. The fourth-order valence-corrected chi connectivity index (χ4v) is 1.63. The highest BCUT2D eigenvalue weighted by atomic mass is 35.5. The van der Waals surface area contributed by atoms with Crippen LogP contribution in [0.2, 0.25) is 5.02 Å². The molecule has 0 saturated carbocycles. The number of nitrogen functional groups attached to an aromatic ring is 2. The summed E-state index contributed by atoms with van der Waals surface area (Å²) in [6.45, 7) is 0. The molecular formula is C11H10ClN3O. The number of hydrogen-bond donors (Lipinski definition) is 2. The monoisotopic (exact) mass is 235 g/mol. The quantitative estimate of drug-likeness (QED) is 0.789. The van der Waals surface area contributed by atoms with Gasteiger partial charge in [0.25, 0.3) is 5.56 Å². The lowest BCUT2D eigenvalue weighted by molar-refractivity contribution is 0.998. The zero-order chi connectivity index (χ0) is 11.7. The molecule has 0 spiro atoms. The maximum atomic E-state index is 11.8. The molecular weight excluding hydrogens is 226 g/mol. The molecule has 5 heteroatoms. The molecule has 0 saturated heterocycles. The van der Waals surface area contributed by atoms with Crippen LogP contribution in [0, 0.1) is 0 Å². The van der Waals surface area contributed by atoms with Gasteiger partial charge in [0.15, 0.2) is 0 Å². The molecule has 16 heavy (non-hydrogen) atoms. The van der Waals surface area contributed by atoms with E-state index in [0.29, 0.717) is 16.4 Å². The van der Waals surface area contributed by atoms with E-state index in [-0.39, 0.29) is 11.2 Å². The lowest BCUT2D eigenvalue weighted by Gasteiger charge is -2.08. The van der Waals surface area contributed by atoms with Crippen molar-refractivity contribution in [2.45, 2.75) is 0 Å². The van der Waals surface area contributed by atoms with E-state index >= 15 is 0 Å². The zero-order valence-corrected chi connectivity index (χ0v) is 9.11. The van der Waals surface area contributed by atoms with Crippen LogP contribution in [0.5, 0.6) is 0 Å². The van der Waals surface area contributed by atoms with Gasteiger partial charge in [-0.25, -0.2) is 0 Å². The van der Waals surface area contributed by atoms with Crippen LogP contribution in [0.15, 0.2) is 41.3 Å². The Morgan fingerprint density at radius 3 is 2.62 bits per heavy atom. The molecule has 0 radical (unpaired) electrons. The first-order valence-corrected chi connectivity index (χ1v) is 4.99. The number of aromatic nitrogens is 1. The molecule has 0 fully saturated rings. The first kappa shape index (κ1) is 10.6. The van der Waals surface area contributed by atoms with E-state index in [2.05, 4.69) is 0 Å². The molecule has 2 rings (SSSR count). The summed E-state index contributed by atoms with van der Waals surface area (Å²) in [5, 5.41) is 0.547. The van der Waals surface area contributed by atoms with Crippen molar-refractivity contribution in [3.05, 3.63) is 51.9 Å². The average molecular weight is 236 g/mol. The maximum Gasteiger partial charge on any atom is 0.278 e. The summed E-state index contributed by atoms with van der Waals surface area (Å²) in [6, 6.07) is 8.34. The molecule has 0 unspecified atom stereocenters. The molecule has 1 aromatic heterocycles. The average Bonchev–Trinajstić information content (AvgIpc) is 2.23. The minimum atomic E-state index is -0.309. The molecule has 0 aliphatic rings. The smallest absolute Gasteiger partial charge is 0.278 e. The third kappa shape index (κ3) is 1.87. The Morgan fingerprint density at radius 2 is 1.94 bits per heavy atom. The van der Waals surface area contributed by atoms with Crippen molar-refractivity contribution < 1.29 is 0 Å². The van der Waals surface area contributed by atoms with Crippen molar-refractivity contribution in [2.24, 2.45) is 0 Å². The minimum absolute atomic E-state index is 0.111. The van der Waals surface area contributed by atoms with Crippen molar-refractivity contribution in [2.75, 3.05) is 11.5 Å². The van der Waals surface area contributed by atoms with E-state index in [1.165, 1.54) is 16.8 Å². The van der Waals surface area contributed by atoms with Gasteiger partial charge in [0, 0.05) is 11.2 Å². The van der Waals surface area contributed by atoms with Gasteiger partial charge in [0.05, 0.1) is 11.4 Å². The van der Waals surface area contributed by atoms with Gasteiger partial charge in [-0.05, 0) is 24.3 Å². The van der Waals surface area contributed by atoms with E-state index in [1.807, 2.05) is 0 Å². The van der Waals surface area contributed by atoms with Crippen LogP contribution in [0.25, 0.3) is 5.69 Å². The fourth-order valence-electron chi connectivity index (χ4n) is 1.44. The molecule has 0 atom stereocenters. The van der Waals surface area contributed by atoms with Crippen molar-refractivity contribution >= 4 is 23.0 Å². The zero-order valence-electron chi connectivity index (χ0n) is 8.35. The molecule has 4 N–H and O–H groups in total. The molecule has 82 valence electrons. The summed E-state index contributed by atoms with van der Waals surface area (Å²) in [7, 11) is 0. The van der Waals surface area contributed by atoms with Gasteiger partial charge in [0.2, 0.25) is 0 Å². The molecule has 1 heterocycles. The van der Waals surface area contributed by atoms with Gasteiger partial charge >= 0.3 is 0 Å². The van der Waals surface area contributed by atoms with E-state index in [1.54, 1.807) is 24.3 Å². The third-order valence-corrected chi connectivity index (χ3v) is 2.39. The van der Waals surface area contributed by atoms with Crippen molar-refractivity contribution in [1.29, 1.82) is 0 Å².